The van der Waals surface area contributed by atoms with E-state index in [1.165, 1.54) is 38.5 Å². The summed E-state index contributed by atoms with van der Waals surface area (Å²) in [6, 6.07) is 5.20. The molecule has 1 nitrogen and oxygen atoms in total. The van der Waals surface area contributed by atoms with Crippen LogP contribution >= 0.6 is 11.3 Å². The maximum Gasteiger partial charge on any atom is 0.00957 e. The van der Waals surface area contributed by atoms with Crippen LogP contribution in [0.4, 0.5) is 0 Å². The predicted molar refractivity (Wildman–Crippen MR) is 67.4 cm³/mol. The third kappa shape index (κ3) is 3.05. The molecule has 2 heteroatoms. The molecule has 15 heavy (non-hydrogen) atoms. The van der Waals surface area contributed by atoms with Crippen LogP contribution in [0.2, 0.25) is 0 Å². The van der Waals surface area contributed by atoms with Gasteiger partial charge in [0.25, 0.3) is 0 Å². The van der Waals surface area contributed by atoms with Crippen LogP contribution < -0.4 is 5.32 Å². The fraction of sp³-hybridized carbons (Fsp3) is 0.692. The van der Waals surface area contributed by atoms with Crippen LogP contribution in [-0.2, 0) is 6.42 Å². The van der Waals surface area contributed by atoms with Gasteiger partial charge in [0.05, 0.1) is 0 Å². The molecule has 0 aliphatic heterocycles. The van der Waals surface area contributed by atoms with E-state index >= 15 is 0 Å². The zero-order chi connectivity index (χ0) is 10.5. The molecule has 1 heterocycles. The lowest BCUT2D eigenvalue weighted by Crippen LogP contribution is -2.33. The van der Waals surface area contributed by atoms with E-state index < -0.39 is 0 Å². The molecule has 2 rings (SSSR count). The maximum atomic E-state index is 3.51. The van der Waals surface area contributed by atoms with Gasteiger partial charge in [0, 0.05) is 10.9 Å². The molecule has 2 atom stereocenters. The van der Waals surface area contributed by atoms with Crippen LogP contribution in [0.5, 0.6) is 0 Å². The second kappa shape index (κ2) is 5.66. The first kappa shape index (κ1) is 11.2. The van der Waals surface area contributed by atoms with Crippen molar-refractivity contribution in [1.29, 1.82) is 0 Å². The first-order chi connectivity index (χ1) is 7.40. The van der Waals surface area contributed by atoms with Gasteiger partial charge in [-0.25, -0.2) is 0 Å². The predicted octanol–water partition coefficient (Wildman–Crippen LogP) is 3.46. The van der Waals surface area contributed by atoms with Crippen molar-refractivity contribution in [1.82, 2.24) is 5.32 Å². The smallest absolute Gasteiger partial charge is 0.00957 e. The highest BCUT2D eigenvalue weighted by Gasteiger charge is 2.22. The van der Waals surface area contributed by atoms with Gasteiger partial charge in [0.15, 0.2) is 0 Å². The summed E-state index contributed by atoms with van der Waals surface area (Å²) >= 11 is 1.91. The molecule has 1 saturated carbocycles. The number of hydrogen-bond donors (Lipinski definition) is 1. The summed E-state index contributed by atoms with van der Waals surface area (Å²) in [6.45, 7) is 0. The molecular weight excluding hydrogens is 202 g/mol. The zero-order valence-electron chi connectivity index (χ0n) is 9.54. The molecule has 1 aliphatic rings. The lowest BCUT2D eigenvalue weighted by molar-refractivity contribution is 0.352. The minimum atomic E-state index is 0.745. The molecule has 1 aromatic rings. The highest BCUT2D eigenvalue weighted by Crippen LogP contribution is 2.27. The van der Waals surface area contributed by atoms with Gasteiger partial charge >= 0.3 is 0 Å². The van der Waals surface area contributed by atoms with Crippen molar-refractivity contribution >= 4 is 11.3 Å². The van der Waals surface area contributed by atoms with Crippen molar-refractivity contribution in [2.24, 2.45) is 5.92 Å². The molecule has 1 N–H and O–H groups in total. The minimum absolute atomic E-state index is 0.745. The molecule has 1 aromatic heterocycles. The quantitative estimate of drug-likeness (QED) is 0.774. The van der Waals surface area contributed by atoms with Gasteiger partial charge in [0.2, 0.25) is 0 Å². The molecule has 1 aliphatic carbocycles. The Balaban J connectivity index is 1.97. The van der Waals surface area contributed by atoms with Gasteiger partial charge in [-0.15, -0.1) is 11.3 Å². The van der Waals surface area contributed by atoms with Crippen LogP contribution in [0.1, 0.15) is 37.0 Å². The van der Waals surface area contributed by atoms with Crippen molar-refractivity contribution in [3.8, 4) is 0 Å². The summed E-state index contributed by atoms with van der Waals surface area (Å²) < 4.78 is 0. The Bertz CT molecular complexity index is 268. The first-order valence-electron chi connectivity index (χ1n) is 6.10. The molecule has 0 bridgehead atoms. The van der Waals surface area contributed by atoms with Crippen LogP contribution in [-0.4, -0.2) is 13.1 Å². The van der Waals surface area contributed by atoms with Crippen LogP contribution in [0, 0.1) is 5.92 Å². The van der Waals surface area contributed by atoms with E-state index in [1.54, 1.807) is 4.88 Å². The summed E-state index contributed by atoms with van der Waals surface area (Å²) in [5, 5.41) is 5.71. The van der Waals surface area contributed by atoms with E-state index in [1.807, 2.05) is 11.3 Å². The van der Waals surface area contributed by atoms with Gasteiger partial charge in [-0.2, -0.15) is 0 Å². The maximum absolute atomic E-state index is 3.51. The van der Waals surface area contributed by atoms with Gasteiger partial charge < -0.3 is 5.32 Å². The fourth-order valence-electron chi connectivity index (χ4n) is 2.70. The average molecular weight is 223 g/mol. The molecule has 84 valence electrons. The molecule has 0 aromatic carbocycles. The second-order valence-corrected chi connectivity index (χ2v) is 5.61. The van der Waals surface area contributed by atoms with Crippen molar-refractivity contribution in [3.05, 3.63) is 22.4 Å². The Morgan fingerprint density at radius 3 is 2.93 bits per heavy atom. The summed E-state index contributed by atoms with van der Waals surface area (Å²) in [7, 11) is 2.12. The summed E-state index contributed by atoms with van der Waals surface area (Å²) in [6.07, 6.45) is 8.32. The second-order valence-electron chi connectivity index (χ2n) is 4.58. The molecule has 0 radical (unpaired) electrons. The summed E-state index contributed by atoms with van der Waals surface area (Å²) in [4.78, 5) is 1.56. The van der Waals surface area contributed by atoms with E-state index in [0.717, 1.165) is 12.0 Å². The van der Waals surface area contributed by atoms with Gasteiger partial charge in [0.1, 0.15) is 0 Å². The third-order valence-electron chi connectivity index (χ3n) is 3.57. The molecule has 2 unspecified atom stereocenters. The van der Waals surface area contributed by atoms with Crippen molar-refractivity contribution < 1.29 is 0 Å². The highest BCUT2D eigenvalue weighted by molar-refractivity contribution is 7.09. The monoisotopic (exact) mass is 223 g/mol. The molecule has 0 spiro atoms. The topological polar surface area (TPSA) is 12.0 Å². The molecule has 0 amide bonds. The Hall–Kier alpha value is -0.340. The molecule has 0 saturated heterocycles. The first-order valence-corrected chi connectivity index (χ1v) is 6.98. The van der Waals surface area contributed by atoms with Gasteiger partial charge in [-0.1, -0.05) is 25.3 Å². The van der Waals surface area contributed by atoms with E-state index in [9.17, 15) is 0 Å². The number of rotatable bonds is 3. The Morgan fingerprint density at radius 1 is 1.33 bits per heavy atom. The molecular formula is C13H21NS. The summed E-state index contributed by atoms with van der Waals surface area (Å²) in [5.41, 5.74) is 0. The van der Waals surface area contributed by atoms with Crippen molar-refractivity contribution in [3.63, 3.8) is 0 Å². The minimum Gasteiger partial charge on any atom is -0.317 e. The number of thiophene rings is 1. The Kier molecular flexibility index (Phi) is 4.21. The standard InChI is InChI=1S/C13H21NS/c1-14-13-8-4-2-3-6-11(13)10-12-7-5-9-15-12/h5,7,9,11,13-14H,2-4,6,8,10H2,1H3. The van der Waals surface area contributed by atoms with E-state index in [2.05, 4.69) is 29.9 Å². The van der Waals surface area contributed by atoms with E-state index in [4.69, 9.17) is 0 Å². The van der Waals surface area contributed by atoms with Crippen LogP contribution in [0.3, 0.4) is 0 Å². The number of nitrogens with one attached hydrogen (secondary N) is 1. The van der Waals surface area contributed by atoms with Crippen molar-refractivity contribution in [2.45, 2.75) is 44.6 Å². The van der Waals surface area contributed by atoms with Gasteiger partial charge in [-0.3, -0.25) is 0 Å². The number of hydrogen-bond acceptors (Lipinski definition) is 2. The largest absolute Gasteiger partial charge is 0.317 e. The normalized spacial score (nSPS) is 27.5. The lowest BCUT2D eigenvalue weighted by Gasteiger charge is -2.24. The van der Waals surface area contributed by atoms with Gasteiger partial charge in [-0.05, 0) is 43.7 Å². The van der Waals surface area contributed by atoms with E-state index in [-0.39, 0.29) is 0 Å². The van der Waals surface area contributed by atoms with E-state index in [0.29, 0.717) is 0 Å². The molecule has 1 fully saturated rings. The van der Waals surface area contributed by atoms with Crippen LogP contribution in [0.25, 0.3) is 0 Å². The average Bonchev–Trinajstić information content (AvgIpc) is 2.64. The fourth-order valence-corrected chi connectivity index (χ4v) is 3.50. The Morgan fingerprint density at radius 2 is 2.20 bits per heavy atom. The Labute approximate surface area is 96.9 Å². The third-order valence-corrected chi connectivity index (χ3v) is 4.47. The lowest BCUT2D eigenvalue weighted by atomic mass is 9.91. The zero-order valence-corrected chi connectivity index (χ0v) is 10.4. The van der Waals surface area contributed by atoms with Crippen LogP contribution in [0.15, 0.2) is 17.5 Å². The van der Waals surface area contributed by atoms with Crippen molar-refractivity contribution in [2.75, 3.05) is 7.05 Å². The SMILES string of the molecule is CNC1CCCCCC1Cc1cccs1. The summed E-state index contributed by atoms with van der Waals surface area (Å²) in [5.74, 6) is 0.858. The highest BCUT2D eigenvalue weighted by atomic mass is 32.1.